The first-order valence-electron chi connectivity index (χ1n) is 4.80. The molecule has 0 atom stereocenters. The van der Waals surface area contributed by atoms with E-state index in [1.54, 1.807) is 0 Å². The van der Waals surface area contributed by atoms with E-state index in [2.05, 4.69) is 15.4 Å². The van der Waals surface area contributed by atoms with E-state index in [4.69, 9.17) is 5.73 Å². The molecule has 0 aromatic heterocycles. The SMILES string of the molecule is NC(=O)NCCNCCCOCC(F)(F)F. The molecule has 0 aromatic carbocycles. The van der Waals surface area contributed by atoms with E-state index in [1.807, 2.05) is 0 Å². The van der Waals surface area contributed by atoms with Gasteiger partial charge in [-0.3, -0.25) is 0 Å². The topological polar surface area (TPSA) is 76.4 Å². The average molecular weight is 243 g/mol. The summed E-state index contributed by atoms with van der Waals surface area (Å²) in [4.78, 5) is 10.2. The lowest BCUT2D eigenvalue weighted by Crippen LogP contribution is -2.35. The van der Waals surface area contributed by atoms with E-state index in [0.29, 0.717) is 26.1 Å². The number of nitrogens with one attached hydrogen (secondary N) is 2. The molecule has 0 aromatic rings. The molecule has 5 nitrogen and oxygen atoms in total. The first kappa shape index (κ1) is 15.0. The van der Waals surface area contributed by atoms with Crippen LogP contribution in [0.5, 0.6) is 0 Å². The van der Waals surface area contributed by atoms with E-state index in [-0.39, 0.29) is 6.61 Å². The molecule has 0 rings (SSSR count). The molecule has 0 aliphatic rings. The third-order valence-corrected chi connectivity index (χ3v) is 1.51. The Bertz CT molecular complexity index is 199. The zero-order chi connectivity index (χ0) is 12.4. The van der Waals surface area contributed by atoms with Gasteiger partial charge in [-0.2, -0.15) is 13.2 Å². The van der Waals surface area contributed by atoms with Crippen LogP contribution in [0.2, 0.25) is 0 Å². The second-order valence-electron chi connectivity index (χ2n) is 3.06. The summed E-state index contributed by atoms with van der Waals surface area (Å²) in [7, 11) is 0. The zero-order valence-electron chi connectivity index (χ0n) is 8.77. The zero-order valence-corrected chi connectivity index (χ0v) is 8.77. The Hall–Kier alpha value is -1.02. The molecule has 4 N–H and O–H groups in total. The molecule has 0 aliphatic heterocycles. The highest BCUT2D eigenvalue weighted by molar-refractivity contribution is 5.71. The van der Waals surface area contributed by atoms with E-state index >= 15 is 0 Å². The Balaban J connectivity index is 3.07. The highest BCUT2D eigenvalue weighted by atomic mass is 19.4. The van der Waals surface area contributed by atoms with Gasteiger partial charge in [-0.1, -0.05) is 0 Å². The van der Waals surface area contributed by atoms with Gasteiger partial charge in [0.15, 0.2) is 0 Å². The maximum absolute atomic E-state index is 11.6. The van der Waals surface area contributed by atoms with Crippen LogP contribution in [0.1, 0.15) is 6.42 Å². The first-order chi connectivity index (χ1) is 7.42. The summed E-state index contributed by atoms with van der Waals surface area (Å²) in [6.45, 7) is 0.269. The lowest BCUT2D eigenvalue weighted by atomic mass is 10.4. The molecule has 0 fully saturated rings. The summed E-state index contributed by atoms with van der Waals surface area (Å²) < 4.78 is 39.2. The number of halogens is 3. The number of carbonyl (C=O) groups excluding carboxylic acids is 1. The summed E-state index contributed by atoms with van der Waals surface area (Å²) in [6, 6.07) is -0.602. The maximum Gasteiger partial charge on any atom is 0.411 e. The Morgan fingerprint density at radius 3 is 2.50 bits per heavy atom. The Morgan fingerprint density at radius 1 is 1.25 bits per heavy atom. The van der Waals surface area contributed by atoms with Crippen LogP contribution in [0.15, 0.2) is 0 Å². The monoisotopic (exact) mass is 243 g/mol. The number of hydrogen-bond donors (Lipinski definition) is 3. The van der Waals surface area contributed by atoms with Crippen LogP contribution < -0.4 is 16.4 Å². The van der Waals surface area contributed by atoms with E-state index < -0.39 is 18.8 Å². The number of amides is 2. The van der Waals surface area contributed by atoms with Crippen LogP contribution in [-0.2, 0) is 4.74 Å². The number of ether oxygens (including phenoxy) is 1. The molecule has 0 aliphatic carbocycles. The molecule has 0 saturated heterocycles. The highest BCUT2D eigenvalue weighted by Gasteiger charge is 2.26. The van der Waals surface area contributed by atoms with Crippen molar-refractivity contribution < 1.29 is 22.7 Å². The van der Waals surface area contributed by atoms with Crippen molar-refractivity contribution in [3.63, 3.8) is 0 Å². The minimum atomic E-state index is -4.27. The minimum Gasteiger partial charge on any atom is -0.372 e. The number of rotatable bonds is 8. The van der Waals surface area contributed by atoms with Gasteiger partial charge in [-0.05, 0) is 13.0 Å². The van der Waals surface area contributed by atoms with E-state index in [9.17, 15) is 18.0 Å². The van der Waals surface area contributed by atoms with Crippen LogP contribution >= 0.6 is 0 Å². The molecule has 0 unspecified atom stereocenters. The third-order valence-electron chi connectivity index (χ3n) is 1.51. The van der Waals surface area contributed by atoms with Crippen molar-refractivity contribution in [3.8, 4) is 0 Å². The summed E-state index contributed by atoms with van der Waals surface area (Å²) >= 11 is 0. The van der Waals surface area contributed by atoms with Crippen LogP contribution in [0.25, 0.3) is 0 Å². The van der Waals surface area contributed by atoms with E-state index in [0.717, 1.165) is 0 Å². The van der Waals surface area contributed by atoms with Gasteiger partial charge < -0.3 is 21.1 Å². The normalized spacial score (nSPS) is 11.4. The van der Waals surface area contributed by atoms with Gasteiger partial charge in [0.25, 0.3) is 0 Å². The number of nitrogens with two attached hydrogens (primary N) is 1. The maximum atomic E-state index is 11.6. The van der Waals surface area contributed by atoms with Crippen molar-refractivity contribution in [2.45, 2.75) is 12.6 Å². The van der Waals surface area contributed by atoms with Gasteiger partial charge in [0.1, 0.15) is 6.61 Å². The molecule has 0 heterocycles. The fourth-order valence-electron chi connectivity index (χ4n) is 0.886. The first-order valence-corrected chi connectivity index (χ1v) is 4.80. The molecule has 2 amide bonds. The highest BCUT2D eigenvalue weighted by Crippen LogP contribution is 2.14. The molecular weight excluding hydrogens is 227 g/mol. The molecule has 8 heteroatoms. The largest absolute Gasteiger partial charge is 0.411 e. The molecule has 96 valence electrons. The standard InChI is InChI=1S/C8H16F3N3O2/c9-8(10,11)6-16-5-1-2-13-3-4-14-7(12)15/h13H,1-6H2,(H3,12,14,15). The second kappa shape index (κ2) is 8.17. The summed E-state index contributed by atoms with van der Waals surface area (Å²) in [5.74, 6) is 0. The van der Waals surface area contributed by atoms with Crippen molar-refractivity contribution in [1.82, 2.24) is 10.6 Å². The number of primary amides is 1. The van der Waals surface area contributed by atoms with Crippen molar-refractivity contribution >= 4 is 6.03 Å². The van der Waals surface area contributed by atoms with Crippen LogP contribution in [0, 0.1) is 0 Å². The van der Waals surface area contributed by atoms with Crippen LogP contribution in [-0.4, -0.2) is 45.1 Å². The van der Waals surface area contributed by atoms with Crippen molar-refractivity contribution in [3.05, 3.63) is 0 Å². The quantitative estimate of drug-likeness (QED) is 0.533. The van der Waals surface area contributed by atoms with Gasteiger partial charge >= 0.3 is 12.2 Å². The summed E-state index contributed by atoms with van der Waals surface area (Å²) in [5, 5.41) is 5.27. The molecule has 0 saturated carbocycles. The third kappa shape index (κ3) is 13.0. The molecule has 0 bridgehead atoms. The number of urea groups is 1. The Kier molecular flexibility index (Phi) is 7.65. The number of carbonyl (C=O) groups is 1. The Morgan fingerprint density at radius 2 is 1.94 bits per heavy atom. The number of alkyl halides is 3. The average Bonchev–Trinajstić information content (AvgIpc) is 2.13. The van der Waals surface area contributed by atoms with Gasteiger partial charge in [-0.25, -0.2) is 4.79 Å². The van der Waals surface area contributed by atoms with Crippen molar-refractivity contribution in [2.75, 3.05) is 32.8 Å². The fraction of sp³-hybridized carbons (Fsp3) is 0.875. The smallest absolute Gasteiger partial charge is 0.372 e. The molecule has 0 spiro atoms. The molecule has 16 heavy (non-hydrogen) atoms. The van der Waals surface area contributed by atoms with Crippen molar-refractivity contribution in [1.29, 1.82) is 0 Å². The lowest BCUT2D eigenvalue weighted by Gasteiger charge is -2.08. The lowest BCUT2D eigenvalue weighted by molar-refractivity contribution is -0.173. The predicted octanol–water partition coefficient (Wildman–Crippen LogP) is 0.213. The number of hydrogen-bond acceptors (Lipinski definition) is 3. The van der Waals surface area contributed by atoms with E-state index in [1.165, 1.54) is 0 Å². The second-order valence-corrected chi connectivity index (χ2v) is 3.06. The van der Waals surface area contributed by atoms with Gasteiger partial charge in [0, 0.05) is 19.7 Å². The molecular formula is C8H16F3N3O2. The van der Waals surface area contributed by atoms with Gasteiger partial charge in [0.2, 0.25) is 0 Å². The Labute approximate surface area is 91.5 Å². The summed E-state index contributed by atoms with van der Waals surface area (Å²) in [6.07, 6.45) is -3.79. The van der Waals surface area contributed by atoms with Crippen LogP contribution in [0.3, 0.4) is 0 Å². The summed E-state index contributed by atoms with van der Waals surface area (Å²) in [5.41, 5.74) is 4.81. The van der Waals surface area contributed by atoms with Gasteiger partial charge in [-0.15, -0.1) is 0 Å². The minimum absolute atomic E-state index is 0.0513. The van der Waals surface area contributed by atoms with Gasteiger partial charge in [0.05, 0.1) is 0 Å². The predicted molar refractivity (Wildman–Crippen MR) is 51.9 cm³/mol. The van der Waals surface area contributed by atoms with Crippen molar-refractivity contribution in [2.24, 2.45) is 5.73 Å². The van der Waals surface area contributed by atoms with Crippen LogP contribution in [0.4, 0.5) is 18.0 Å². The molecule has 0 radical (unpaired) electrons. The fourth-order valence-corrected chi connectivity index (χ4v) is 0.886.